The van der Waals surface area contributed by atoms with E-state index in [4.69, 9.17) is 13.9 Å². The Balaban J connectivity index is 1.85. The maximum atomic E-state index is 12.3. The summed E-state index contributed by atoms with van der Waals surface area (Å²) in [6, 6.07) is 3.43. The summed E-state index contributed by atoms with van der Waals surface area (Å²) in [6.45, 7) is 0.00453. The van der Waals surface area contributed by atoms with Gasteiger partial charge in [-0.05, 0) is 31.1 Å². The second-order valence-electron chi connectivity index (χ2n) is 5.74. The zero-order valence-corrected chi connectivity index (χ0v) is 14.1. The van der Waals surface area contributed by atoms with Crippen molar-refractivity contribution < 1.29 is 33.0 Å². The SMILES string of the molecule is COC(=O)/C=C/COC(=O)[C@@H]1CCCC[C@H]1C(=O)OCc1ccco1. The van der Waals surface area contributed by atoms with Gasteiger partial charge in [0.05, 0.1) is 25.2 Å². The van der Waals surface area contributed by atoms with Crippen molar-refractivity contribution in [2.75, 3.05) is 13.7 Å². The van der Waals surface area contributed by atoms with Gasteiger partial charge in [-0.1, -0.05) is 12.8 Å². The smallest absolute Gasteiger partial charge is 0.330 e. The lowest BCUT2D eigenvalue weighted by Gasteiger charge is -2.28. The van der Waals surface area contributed by atoms with Gasteiger partial charge in [0.2, 0.25) is 0 Å². The molecule has 1 heterocycles. The lowest BCUT2D eigenvalue weighted by atomic mass is 9.79. The Hall–Kier alpha value is -2.57. The Morgan fingerprint density at radius 1 is 1.16 bits per heavy atom. The molecule has 0 radical (unpaired) electrons. The summed E-state index contributed by atoms with van der Waals surface area (Å²) in [4.78, 5) is 35.5. The first-order valence-corrected chi connectivity index (χ1v) is 8.22. The van der Waals surface area contributed by atoms with Crippen LogP contribution in [0.2, 0.25) is 0 Å². The van der Waals surface area contributed by atoms with Gasteiger partial charge < -0.3 is 18.6 Å². The molecule has 2 rings (SSSR count). The van der Waals surface area contributed by atoms with Gasteiger partial charge in [-0.2, -0.15) is 0 Å². The zero-order chi connectivity index (χ0) is 18.1. The van der Waals surface area contributed by atoms with Crippen molar-refractivity contribution in [2.45, 2.75) is 32.3 Å². The van der Waals surface area contributed by atoms with Crippen molar-refractivity contribution in [1.82, 2.24) is 0 Å². The second kappa shape index (κ2) is 9.66. The van der Waals surface area contributed by atoms with Crippen LogP contribution in [-0.2, 0) is 35.2 Å². The van der Waals surface area contributed by atoms with Crippen LogP contribution in [0, 0.1) is 11.8 Å². The minimum absolute atomic E-state index is 0.0431. The number of carbonyl (C=O) groups excluding carboxylic acids is 3. The molecule has 7 nitrogen and oxygen atoms in total. The first-order chi connectivity index (χ1) is 12.1. The fourth-order valence-electron chi connectivity index (χ4n) is 2.79. The maximum absolute atomic E-state index is 12.3. The van der Waals surface area contributed by atoms with Crippen molar-refractivity contribution in [2.24, 2.45) is 11.8 Å². The Bertz CT molecular complexity index is 603. The van der Waals surface area contributed by atoms with E-state index in [1.165, 1.54) is 25.5 Å². The van der Waals surface area contributed by atoms with Crippen LogP contribution >= 0.6 is 0 Å². The van der Waals surface area contributed by atoms with E-state index in [2.05, 4.69) is 4.74 Å². The summed E-state index contributed by atoms with van der Waals surface area (Å²) in [7, 11) is 1.26. The molecule has 1 fully saturated rings. The molecular formula is C18H22O7. The molecule has 0 bridgehead atoms. The number of methoxy groups -OCH3 is 1. The predicted molar refractivity (Wildman–Crippen MR) is 86.1 cm³/mol. The molecule has 0 unspecified atom stereocenters. The Morgan fingerprint density at radius 3 is 2.44 bits per heavy atom. The monoisotopic (exact) mass is 350 g/mol. The highest BCUT2D eigenvalue weighted by Gasteiger charge is 2.37. The van der Waals surface area contributed by atoms with Crippen molar-refractivity contribution in [3.05, 3.63) is 36.3 Å². The van der Waals surface area contributed by atoms with E-state index in [0.29, 0.717) is 18.6 Å². The average molecular weight is 350 g/mol. The molecule has 1 aliphatic rings. The molecule has 2 atom stereocenters. The first kappa shape index (κ1) is 18.8. The average Bonchev–Trinajstić information content (AvgIpc) is 3.16. The van der Waals surface area contributed by atoms with Crippen molar-refractivity contribution >= 4 is 17.9 Å². The minimum atomic E-state index is -0.524. The molecule has 1 aromatic heterocycles. The van der Waals surface area contributed by atoms with Crippen molar-refractivity contribution in [3.8, 4) is 0 Å². The topological polar surface area (TPSA) is 92.0 Å². The van der Waals surface area contributed by atoms with Gasteiger partial charge in [-0.3, -0.25) is 9.59 Å². The summed E-state index contributed by atoms with van der Waals surface area (Å²) in [6.07, 6.45) is 6.99. The molecule has 0 aromatic carbocycles. The predicted octanol–water partition coefficient (Wildman–Crippen LogP) is 2.40. The highest BCUT2D eigenvalue weighted by Crippen LogP contribution is 2.32. The second-order valence-corrected chi connectivity index (χ2v) is 5.74. The number of carbonyl (C=O) groups is 3. The molecule has 136 valence electrons. The molecule has 0 N–H and O–H groups in total. The third kappa shape index (κ3) is 5.77. The molecule has 7 heteroatoms. The fraction of sp³-hybridized carbons (Fsp3) is 0.500. The standard InChI is InChI=1S/C18H22O7/c1-22-16(19)9-5-11-24-17(20)14-7-2-3-8-15(14)18(21)25-12-13-6-4-10-23-13/h4-6,9-10,14-15H,2-3,7-8,11-12H2,1H3/b9-5+/t14-,15-/m1/s1. The van der Waals surface area contributed by atoms with E-state index >= 15 is 0 Å². The van der Waals surface area contributed by atoms with Crippen molar-refractivity contribution in [1.29, 1.82) is 0 Å². The van der Waals surface area contributed by atoms with E-state index in [-0.39, 0.29) is 13.2 Å². The number of esters is 3. The number of hydrogen-bond donors (Lipinski definition) is 0. The highest BCUT2D eigenvalue weighted by atomic mass is 16.5. The van der Waals surface area contributed by atoms with Crippen LogP contribution in [0.25, 0.3) is 0 Å². The summed E-state index contributed by atoms with van der Waals surface area (Å²) < 4.78 is 20.0. The van der Waals surface area contributed by atoms with E-state index in [0.717, 1.165) is 12.8 Å². The van der Waals surface area contributed by atoms with Crippen molar-refractivity contribution in [3.63, 3.8) is 0 Å². The molecule has 1 aromatic rings. The minimum Gasteiger partial charge on any atom is -0.466 e. The highest BCUT2D eigenvalue weighted by molar-refractivity contribution is 5.83. The molecule has 0 spiro atoms. The van der Waals surface area contributed by atoms with Crippen LogP contribution in [0.3, 0.4) is 0 Å². The Morgan fingerprint density at radius 2 is 1.84 bits per heavy atom. The van der Waals surface area contributed by atoms with E-state index in [1.807, 2.05) is 0 Å². The lowest BCUT2D eigenvalue weighted by molar-refractivity contribution is -0.163. The summed E-state index contributed by atoms with van der Waals surface area (Å²) in [5, 5.41) is 0. The van der Waals surface area contributed by atoms with Gasteiger partial charge in [0, 0.05) is 6.08 Å². The molecule has 25 heavy (non-hydrogen) atoms. The van der Waals surface area contributed by atoms with E-state index in [1.54, 1.807) is 12.1 Å². The fourth-order valence-corrected chi connectivity index (χ4v) is 2.79. The quantitative estimate of drug-likeness (QED) is 0.423. The van der Waals surface area contributed by atoms with Gasteiger partial charge in [0.15, 0.2) is 0 Å². The van der Waals surface area contributed by atoms with Crippen LogP contribution < -0.4 is 0 Å². The van der Waals surface area contributed by atoms with E-state index < -0.39 is 29.7 Å². The third-order valence-corrected chi connectivity index (χ3v) is 4.09. The number of hydrogen-bond acceptors (Lipinski definition) is 7. The Kier molecular flexibility index (Phi) is 7.25. The molecule has 0 aliphatic heterocycles. The summed E-state index contributed by atoms with van der Waals surface area (Å²) >= 11 is 0. The number of furan rings is 1. The maximum Gasteiger partial charge on any atom is 0.330 e. The molecule has 1 saturated carbocycles. The van der Waals surface area contributed by atoms with Crippen LogP contribution in [-0.4, -0.2) is 31.6 Å². The van der Waals surface area contributed by atoms with Crippen LogP contribution in [0.5, 0.6) is 0 Å². The third-order valence-electron chi connectivity index (χ3n) is 4.09. The van der Waals surface area contributed by atoms with Gasteiger partial charge in [-0.15, -0.1) is 0 Å². The largest absolute Gasteiger partial charge is 0.466 e. The van der Waals surface area contributed by atoms with Gasteiger partial charge >= 0.3 is 17.9 Å². The first-order valence-electron chi connectivity index (χ1n) is 8.22. The molecule has 0 saturated heterocycles. The zero-order valence-electron chi connectivity index (χ0n) is 14.1. The van der Waals surface area contributed by atoms with Gasteiger partial charge in [0.25, 0.3) is 0 Å². The normalized spacial score (nSPS) is 20.2. The van der Waals surface area contributed by atoms with Gasteiger partial charge in [0.1, 0.15) is 19.0 Å². The number of rotatable bonds is 7. The molecule has 1 aliphatic carbocycles. The van der Waals surface area contributed by atoms with Crippen LogP contribution in [0.1, 0.15) is 31.4 Å². The lowest BCUT2D eigenvalue weighted by Crippen LogP contribution is -2.35. The summed E-state index contributed by atoms with van der Waals surface area (Å²) in [5.74, 6) is -1.87. The van der Waals surface area contributed by atoms with Gasteiger partial charge in [-0.25, -0.2) is 4.79 Å². The summed E-state index contributed by atoms with van der Waals surface area (Å²) in [5.41, 5.74) is 0. The van der Waals surface area contributed by atoms with E-state index in [9.17, 15) is 14.4 Å². The van der Waals surface area contributed by atoms with Crippen LogP contribution in [0.4, 0.5) is 0 Å². The Labute approximate surface area is 145 Å². The van der Waals surface area contributed by atoms with Crippen LogP contribution in [0.15, 0.2) is 35.0 Å². The molecule has 0 amide bonds. The number of ether oxygens (including phenoxy) is 3. The molecular weight excluding hydrogens is 328 g/mol.